The largest absolute Gasteiger partial charge is 0.309 e. The van der Waals surface area contributed by atoms with Crippen molar-refractivity contribution in [2.75, 3.05) is 0 Å². The number of rotatable bonds is 6. The molecule has 0 N–H and O–H groups in total. The molecule has 0 amide bonds. The van der Waals surface area contributed by atoms with E-state index in [1.807, 2.05) is 24.3 Å². The summed E-state index contributed by atoms with van der Waals surface area (Å²) in [6.45, 7) is 0. The zero-order valence-corrected chi connectivity index (χ0v) is 30.4. The van der Waals surface area contributed by atoms with Gasteiger partial charge in [0.05, 0.1) is 33.5 Å². The Kier molecular flexibility index (Phi) is 7.46. The van der Waals surface area contributed by atoms with E-state index in [1.165, 1.54) is 32.6 Å². The first kappa shape index (κ1) is 31.9. The molecule has 0 bridgehead atoms. The lowest BCUT2D eigenvalue weighted by Crippen LogP contribution is -1.98. The van der Waals surface area contributed by atoms with Gasteiger partial charge in [-0.3, -0.25) is 0 Å². The Hall–Kier alpha value is -7.56. The fraction of sp³-hybridized carbons (Fsp3) is 0. The Morgan fingerprint density at radius 2 is 0.768 bits per heavy atom. The van der Waals surface area contributed by atoms with E-state index in [0.29, 0.717) is 5.82 Å². The van der Waals surface area contributed by atoms with Crippen molar-refractivity contribution in [1.82, 2.24) is 19.1 Å². The van der Waals surface area contributed by atoms with Gasteiger partial charge >= 0.3 is 0 Å². The number of aromatic nitrogens is 4. The van der Waals surface area contributed by atoms with Crippen LogP contribution in [0.4, 0.5) is 0 Å². The van der Waals surface area contributed by atoms with Gasteiger partial charge in [0.15, 0.2) is 5.82 Å². The molecule has 0 aliphatic carbocycles. The van der Waals surface area contributed by atoms with Crippen molar-refractivity contribution in [2.45, 2.75) is 0 Å². The molecule has 4 nitrogen and oxygen atoms in total. The zero-order chi connectivity index (χ0) is 37.0. The van der Waals surface area contributed by atoms with Gasteiger partial charge in [-0.05, 0) is 77.9 Å². The van der Waals surface area contributed by atoms with E-state index in [2.05, 4.69) is 191 Å². The van der Waals surface area contributed by atoms with Crippen LogP contribution in [0, 0.1) is 0 Å². The molecular formula is C52H34N4. The highest BCUT2D eigenvalue weighted by Crippen LogP contribution is 2.43. The minimum absolute atomic E-state index is 0.693. The summed E-state index contributed by atoms with van der Waals surface area (Å²) in [6.07, 6.45) is 0. The average molecular weight is 715 g/mol. The van der Waals surface area contributed by atoms with Crippen molar-refractivity contribution in [3.8, 4) is 56.4 Å². The van der Waals surface area contributed by atoms with Crippen LogP contribution < -0.4 is 0 Å². The summed E-state index contributed by atoms with van der Waals surface area (Å²) in [6, 6.07) is 73.3. The molecule has 0 spiro atoms. The second kappa shape index (κ2) is 13.1. The minimum Gasteiger partial charge on any atom is -0.309 e. The van der Waals surface area contributed by atoms with E-state index in [0.717, 1.165) is 61.6 Å². The molecule has 0 aliphatic rings. The van der Waals surface area contributed by atoms with Gasteiger partial charge in [-0.15, -0.1) is 0 Å². The predicted molar refractivity (Wildman–Crippen MR) is 232 cm³/mol. The van der Waals surface area contributed by atoms with Crippen LogP contribution in [0.25, 0.3) is 100 Å². The fourth-order valence-corrected chi connectivity index (χ4v) is 8.38. The topological polar surface area (TPSA) is 35.6 Å². The Morgan fingerprint density at radius 3 is 1.39 bits per heavy atom. The van der Waals surface area contributed by atoms with Crippen LogP contribution in [0.5, 0.6) is 0 Å². The molecular weight excluding hydrogens is 681 g/mol. The van der Waals surface area contributed by atoms with E-state index in [1.54, 1.807) is 0 Å². The van der Waals surface area contributed by atoms with E-state index in [-0.39, 0.29) is 0 Å². The number of nitrogens with zero attached hydrogens (tertiary/aromatic N) is 4. The monoisotopic (exact) mass is 714 g/mol. The molecule has 4 heteroatoms. The molecule has 0 saturated carbocycles. The molecule has 3 heterocycles. The van der Waals surface area contributed by atoms with Gasteiger partial charge in [-0.1, -0.05) is 140 Å². The predicted octanol–water partition coefficient (Wildman–Crippen LogP) is 13.3. The van der Waals surface area contributed by atoms with Crippen LogP contribution in [0.1, 0.15) is 0 Å². The number of fused-ring (bicyclic) bond motifs is 6. The van der Waals surface area contributed by atoms with Crippen LogP contribution in [-0.2, 0) is 0 Å². The van der Waals surface area contributed by atoms with Gasteiger partial charge in [-0.2, -0.15) is 0 Å². The maximum atomic E-state index is 5.38. The zero-order valence-electron chi connectivity index (χ0n) is 30.4. The van der Waals surface area contributed by atoms with E-state index >= 15 is 0 Å². The maximum Gasteiger partial charge on any atom is 0.160 e. The second-order valence-corrected chi connectivity index (χ2v) is 14.2. The summed E-state index contributed by atoms with van der Waals surface area (Å²) < 4.78 is 4.75. The van der Waals surface area contributed by atoms with Crippen molar-refractivity contribution in [3.63, 3.8) is 0 Å². The summed E-state index contributed by atoms with van der Waals surface area (Å²) in [4.78, 5) is 10.5. The Balaban J connectivity index is 1.24. The highest BCUT2D eigenvalue weighted by Gasteiger charge is 2.21. The summed E-state index contributed by atoms with van der Waals surface area (Å²) in [5.41, 5.74) is 14.0. The number of hydrogen-bond donors (Lipinski definition) is 0. The first-order valence-corrected chi connectivity index (χ1v) is 19.0. The Labute approximate surface area is 324 Å². The van der Waals surface area contributed by atoms with E-state index < -0.39 is 0 Å². The molecule has 0 unspecified atom stereocenters. The molecule has 262 valence electrons. The average Bonchev–Trinajstić information content (AvgIpc) is 3.79. The quantitative estimate of drug-likeness (QED) is 0.172. The number of hydrogen-bond acceptors (Lipinski definition) is 2. The highest BCUT2D eigenvalue weighted by atomic mass is 15.0. The van der Waals surface area contributed by atoms with Gasteiger partial charge < -0.3 is 9.13 Å². The smallest absolute Gasteiger partial charge is 0.160 e. The third-order valence-electron chi connectivity index (χ3n) is 10.9. The molecule has 0 aliphatic heterocycles. The van der Waals surface area contributed by atoms with Crippen molar-refractivity contribution in [3.05, 3.63) is 206 Å². The maximum absolute atomic E-state index is 5.38. The molecule has 0 atom stereocenters. The molecule has 11 rings (SSSR count). The van der Waals surface area contributed by atoms with Gasteiger partial charge in [0.2, 0.25) is 0 Å². The number of para-hydroxylation sites is 4. The van der Waals surface area contributed by atoms with Gasteiger partial charge in [0.1, 0.15) is 0 Å². The molecule has 0 saturated heterocycles. The summed E-state index contributed by atoms with van der Waals surface area (Å²) >= 11 is 0. The molecule has 11 aromatic rings. The Bertz CT molecular complexity index is 3160. The van der Waals surface area contributed by atoms with Crippen LogP contribution in [0.15, 0.2) is 206 Å². The summed E-state index contributed by atoms with van der Waals surface area (Å²) in [5, 5.41) is 4.82. The van der Waals surface area contributed by atoms with Crippen molar-refractivity contribution >= 4 is 43.6 Å². The third-order valence-corrected chi connectivity index (χ3v) is 10.9. The van der Waals surface area contributed by atoms with Gasteiger partial charge in [0, 0.05) is 49.6 Å². The van der Waals surface area contributed by atoms with Gasteiger partial charge in [-0.25, -0.2) is 9.97 Å². The summed E-state index contributed by atoms with van der Waals surface area (Å²) in [7, 11) is 0. The molecule has 0 fully saturated rings. The van der Waals surface area contributed by atoms with Gasteiger partial charge in [0.25, 0.3) is 0 Å². The molecule has 56 heavy (non-hydrogen) atoms. The normalized spacial score (nSPS) is 11.6. The lowest BCUT2D eigenvalue weighted by molar-refractivity contribution is 1.17. The van der Waals surface area contributed by atoms with Crippen LogP contribution >= 0.6 is 0 Å². The lowest BCUT2D eigenvalue weighted by Gasteiger charge is -2.15. The third kappa shape index (κ3) is 5.23. The van der Waals surface area contributed by atoms with Crippen LogP contribution in [0.2, 0.25) is 0 Å². The fourth-order valence-electron chi connectivity index (χ4n) is 8.38. The Morgan fingerprint density at radius 1 is 0.286 bits per heavy atom. The molecule has 8 aromatic carbocycles. The van der Waals surface area contributed by atoms with Crippen molar-refractivity contribution in [1.29, 1.82) is 0 Å². The van der Waals surface area contributed by atoms with Crippen LogP contribution in [0.3, 0.4) is 0 Å². The standard InChI is InChI=1S/C52H34N4/c1-5-17-35(18-6-1)46-34-47(54-52(53-46)36-19-7-2-8-20-36)43-33-51-45(41-26-14-16-28-49(41)56(51)39-23-11-4-12-24-39)32-42(43)37-29-30-50-44(31-37)40-25-13-15-27-48(40)55(50)38-21-9-3-10-22-38/h1-34H. The van der Waals surface area contributed by atoms with E-state index in [4.69, 9.17) is 9.97 Å². The summed E-state index contributed by atoms with van der Waals surface area (Å²) in [5.74, 6) is 0.693. The SMILES string of the molecule is c1ccc(-c2cc(-c3cc4c(cc3-c3ccc5c(c3)c3ccccc3n5-c3ccccc3)c3ccccc3n4-c3ccccc3)nc(-c3ccccc3)n2)cc1. The number of benzene rings is 8. The molecule has 3 aromatic heterocycles. The minimum atomic E-state index is 0.693. The van der Waals surface area contributed by atoms with Crippen LogP contribution in [-0.4, -0.2) is 19.1 Å². The highest BCUT2D eigenvalue weighted by molar-refractivity contribution is 6.14. The van der Waals surface area contributed by atoms with Crippen molar-refractivity contribution < 1.29 is 0 Å². The first-order valence-electron chi connectivity index (χ1n) is 19.0. The lowest BCUT2D eigenvalue weighted by atomic mass is 9.93. The first-order chi connectivity index (χ1) is 27.8. The molecule has 0 radical (unpaired) electrons. The second-order valence-electron chi connectivity index (χ2n) is 14.2. The van der Waals surface area contributed by atoms with Crippen molar-refractivity contribution in [2.24, 2.45) is 0 Å². The van der Waals surface area contributed by atoms with E-state index in [9.17, 15) is 0 Å².